The van der Waals surface area contributed by atoms with Crippen molar-refractivity contribution >= 4 is 0 Å². The molecular weight excluding hydrogens is 204 g/mol. The molecule has 3 rings (SSSR count). The van der Waals surface area contributed by atoms with Gasteiger partial charge in [-0.25, -0.2) is 0 Å². The van der Waals surface area contributed by atoms with Gasteiger partial charge < -0.3 is 14.6 Å². The van der Waals surface area contributed by atoms with Crippen LogP contribution < -0.4 is 0 Å². The summed E-state index contributed by atoms with van der Waals surface area (Å²) in [5.74, 6) is -0.338. The number of ether oxygens (including phenoxy) is 2. The van der Waals surface area contributed by atoms with E-state index in [1.165, 1.54) is 5.56 Å². The fourth-order valence-corrected chi connectivity index (χ4v) is 2.80. The Hall–Kier alpha value is -0.900. The van der Waals surface area contributed by atoms with E-state index in [1.54, 1.807) is 0 Å². The maximum absolute atomic E-state index is 9.35. The molecule has 1 aliphatic carbocycles. The van der Waals surface area contributed by atoms with E-state index in [2.05, 4.69) is 12.1 Å². The van der Waals surface area contributed by atoms with Crippen molar-refractivity contribution in [2.75, 3.05) is 19.8 Å². The predicted molar refractivity (Wildman–Crippen MR) is 58.9 cm³/mol. The minimum atomic E-state index is -0.581. The van der Waals surface area contributed by atoms with Crippen LogP contribution in [0.5, 0.6) is 0 Å². The molecule has 1 aromatic carbocycles. The average molecular weight is 220 g/mol. The Morgan fingerprint density at radius 1 is 1.25 bits per heavy atom. The maximum Gasteiger partial charge on any atom is 0.195 e. The summed E-state index contributed by atoms with van der Waals surface area (Å²) in [5, 5.41) is 9.35. The largest absolute Gasteiger partial charge is 0.396 e. The van der Waals surface area contributed by atoms with Crippen LogP contribution in [-0.4, -0.2) is 24.9 Å². The molecule has 0 radical (unpaired) electrons. The molecule has 1 N–H and O–H groups in total. The van der Waals surface area contributed by atoms with Gasteiger partial charge in [-0.3, -0.25) is 0 Å². The third kappa shape index (κ3) is 1.47. The van der Waals surface area contributed by atoms with Crippen molar-refractivity contribution in [2.24, 2.45) is 5.92 Å². The monoisotopic (exact) mass is 220 g/mol. The Kier molecular flexibility index (Phi) is 2.46. The Balaban J connectivity index is 2.05. The molecule has 1 fully saturated rings. The number of fused-ring (bicyclic) bond motifs is 2. The summed E-state index contributed by atoms with van der Waals surface area (Å²) < 4.78 is 11.6. The lowest BCUT2D eigenvalue weighted by Crippen LogP contribution is -2.37. The van der Waals surface area contributed by atoms with Crippen LogP contribution >= 0.6 is 0 Å². The van der Waals surface area contributed by atoms with Gasteiger partial charge in [0.15, 0.2) is 5.79 Å². The number of hydrogen-bond donors (Lipinski definition) is 1. The van der Waals surface area contributed by atoms with E-state index >= 15 is 0 Å². The van der Waals surface area contributed by atoms with Gasteiger partial charge in [-0.15, -0.1) is 0 Å². The molecule has 86 valence electrons. The zero-order chi connectivity index (χ0) is 11.0. The van der Waals surface area contributed by atoms with Gasteiger partial charge in [0.05, 0.1) is 13.2 Å². The predicted octanol–water partition coefficient (Wildman–Crippen LogP) is 1.44. The highest BCUT2D eigenvalue weighted by Gasteiger charge is 2.44. The smallest absolute Gasteiger partial charge is 0.195 e. The second kappa shape index (κ2) is 3.84. The zero-order valence-corrected chi connectivity index (χ0v) is 9.19. The van der Waals surface area contributed by atoms with Gasteiger partial charge in [-0.1, -0.05) is 24.3 Å². The molecule has 1 heterocycles. The molecule has 16 heavy (non-hydrogen) atoms. The van der Waals surface area contributed by atoms with Crippen LogP contribution in [0, 0.1) is 5.92 Å². The molecular formula is C13H16O3. The van der Waals surface area contributed by atoms with Crippen LogP contribution in [0.2, 0.25) is 0 Å². The van der Waals surface area contributed by atoms with Crippen molar-refractivity contribution in [1.82, 2.24) is 0 Å². The first-order valence-corrected chi connectivity index (χ1v) is 5.81. The van der Waals surface area contributed by atoms with Crippen molar-refractivity contribution in [3.8, 4) is 0 Å². The highest BCUT2D eigenvalue weighted by molar-refractivity contribution is 5.34. The molecule has 2 aliphatic rings. The maximum atomic E-state index is 9.35. The molecule has 1 spiro atoms. The first kappa shape index (κ1) is 10.3. The molecule has 3 heteroatoms. The summed E-state index contributed by atoms with van der Waals surface area (Å²) >= 11 is 0. The van der Waals surface area contributed by atoms with Crippen LogP contribution in [-0.2, 0) is 21.7 Å². The Labute approximate surface area is 95.0 Å². The van der Waals surface area contributed by atoms with Crippen molar-refractivity contribution < 1.29 is 14.6 Å². The van der Waals surface area contributed by atoms with Crippen molar-refractivity contribution in [3.63, 3.8) is 0 Å². The van der Waals surface area contributed by atoms with Gasteiger partial charge >= 0.3 is 0 Å². The van der Waals surface area contributed by atoms with E-state index in [4.69, 9.17) is 9.47 Å². The van der Waals surface area contributed by atoms with Gasteiger partial charge in [-0.2, -0.15) is 0 Å². The highest BCUT2D eigenvalue weighted by atomic mass is 16.7. The average Bonchev–Trinajstić information content (AvgIpc) is 2.78. The van der Waals surface area contributed by atoms with E-state index in [0.717, 1.165) is 18.4 Å². The molecule has 1 aromatic rings. The molecule has 0 amide bonds. The fraction of sp³-hybridized carbons (Fsp3) is 0.538. The normalized spacial score (nSPS) is 26.9. The van der Waals surface area contributed by atoms with E-state index < -0.39 is 5.79 Å². The molecule has 3 nitrogen and oxygen atoms in total. The minimum Gasteiger partial charge on any atom is -0.396 e. The second-order valence-corrected chi connectivity index (χ2v) is 4.56. The van der Waals surface area contributed by atoms with E-state index in [0.29, 0.717) is 13.2 Å². The molecule has 1 unspecified atom stereocenters. The zero-order valence-electron chi connectivity index (χ0n) is 9.19. The third-order valence-electron chi connectivity index (χ3n) is 3.51. The van der Waals surface area contributed by atoms with Crippen LogP contribution in [0.25, 0.3) is 0 Å². The molecule has 1 saturated heterocycles. The molecule has 1 atom stereocenters. The summed E-state index contributed by atoms with van der Waals surface area (Å²) in [6.45, 7) is 1.49. The van der Waals surface area contributed by atoms with Crippen LogP contribution in [0.1, 0.15) is 17.5 Å². The summed E-state index contributed by atoms with van der Waals surface area (Å²) in [6.07, 6.45) is 1.68. The molecule has 1 aliphatic heterocycles. The Bertz CT molecular complexity index is 383. The number of aliphatic hydroxyl groups is 1. The van der Waals surface area contributed by atoms with Crippen molar-refractivity contribution in [3.05, 3.63) is 35.4 Å². The topological polar surface area (TPSA) is 38.7 Å². The second-order valence-electron chi connectivity index (χ2n) is 4.56. The highest BCUT2D eigenvalue weighted by Crippen LogP contribution is 2.43. The van der Waals surface area contributed by atoms with Gasteiger partial charge in [-0.05, 0) is 17.9 Å². The minimum absolute atomic E-state index is 0.197. The first-order chi connectivity index (χ1) is 7.84. The standard InChI is InChI=1S/C13H16O3/c14-9-10-7-11-3-1-2-4-12(11)13(8-10)15-5-6-16-13/h1-4,10,14H,5-9H2. The molecule has 0 bridgehead atoms. The van der Waals surface area contributed by atoms with Crippen LogP contribution in [0.3, 0.4) is 0 Å². The number of benzene rings is 1. The summed E-state index contributed by atoms with van der Waals surface area (Å²) in [5.41, 5.74) is 2.40. The SMILES string of the molecule is OCC1Cc2ccccc2C2(C1)OCCO2. The lowest BCUT2D eigenvalue weighted by Gasteiger charge is -2.37. The Morgan fingerprint density at radius 3 is 2.75 bits per heavy atom. The number of hydrogen-bond acceptors (Lipinski definition) is 3. The van der Waals surface area contributed by atoms with Gasteiger partial charge in [0.2, 0.25) is 0 Å². The lowest BCUT2D eigenvalue weighted by atomic mass is 9.80. The summed E-state index contributed by atoms with van der Waals surface area (Å²) in [6, 6.07) is 8.23. The van der Waals surface area contributed by atoms with Crippen molar-refractivity contribution in [1.29, 1.82) is 0 Å². The van der Waals surface area contributed by atoms with Gasteiger partial charge in [0.1, 0.15) is 0 Å². The quantitative estimate of drug-likeness (QED) is 0.778. The van der Waals surface area contributed by atoms with E-state index in [-0.39, 0.29) is 12.5 Å². The fourth-order valence-electron chi connectivity index (χ4n) is 2.80. The number of rotatable bonds is 1. The van der Waals surface area contributed by atoms with Crippen molar-refractivity contribution in [2.45, 2.75) is 18.6 Å². The molecule has 0 saturated carbocycles. The molecule has 0 aromatic heterocycles. The van der Waals surface area contributed by atoms with Gasteiger partial charge in [0, 0.05) is 18.6 Å². The van der Waals surface area contributed by atoms with E-state index in [1.807, 2.05) is 12.1 Å². The van der Waals surface area contributed by atoms with Crippen LogP contribution in [0.15, 0.2) is 24.3 Å². The Morgan fingerprint density at radius 2 is 2.00 bits per heavy atom. The lowest BCUT2D eigenvalue weighted by molar-refractivity contribution is -0.186. The summed E-state index contributed by atoms with van der Waals surface area (Å²) in [4.78, 5) is 0. The van der Waals surface area contributed by atoms with E-state index in [9.17, 15) is 5.11 Å². The summed E-state index contributed by atoms with van der Waals surface area (Å²) in [7, 11) is 0. The number of aliphatic hydroxyl groups excluding tert-OH is 1. The van der Waals surface area contributed by atoms with Crippen LogP contribution in [0.4, 0.5) is 0 Å². The third-order valence-corrected chi connectivity index (χ3v) is 3.51. The van der Waals surface area contributed by atoms with Gasteiger partial charge in [0.25, 0.3) is 0 Å². The first-order valence-electron chi connectivity index (χ1n) is 5.81.